The number of carboxylic acids is 1. The third kappa shape index (κ3) is 6.66. The molecule has 0 aliphatic carbocycles. The standard InChI is InChI=1S/C26H29ClN2O5S2/c1-16(2)13-29(36(32,33)26-28-19(5)15-35-26)23-10-17(3)18(4)11-24(23)34-14-21-8-6-20(12-22(21)27)7-9-25(30)31/h6-12,15-16H,13-14H2,1-5H3,(H,30,31). The molecule has 3 aromatic rings. The Morgan fingerprint density at radius 3 is 2.47 bits per heavy atom. The largest absolute Gasteiger partial charge is 0.487 e. The van der Waals surface area contributed by atoms with Crippen LogP contribution in [0.1, 0.15) is 41.8 Å². The molecule has 0 unspecified atom stereocenters. The fraction of sp³-hybridized carbons (Fsp3) is 0.308. The number of thiazole rings is 1. The van der Waals surface area contributed by atoms with Gasteiger partial charge in [0.2, 0.25) is 4.34 Å². The van der Waals surface area contributed by atoms with E-state index in [0.29, 0.717) is 33.3 Å². The van der Waals surface area contributed by atoms with Crippen LogP contribution >= 0.6 is 22.9 Å². The fourth-order valence-corrected chi connectivity index (χ4v) is 6.40. The van der Waals surface area contributed by atoms with Gasteiger partial charge in [-0.05, 0) is 67.7 Å². The number of sulfonamides is 1. The number of benzene rings is 2. The topological polar surface area (TPSA) is 96.8 Å². The minimum Gasteiger partial charge on any atom is -0.487 e. The van der Waals surface area contributed by atoms with Gasteiger partial charge in [-0.25, -0.2) is 9.78 Å². The first-order chi connectivity index (χ1) is 16.9. The molecule has 0 radical (unpaired) electrons. The normalized spacial score (nSPS) is 11.9. The molecule has 0 spiro atoms. The number of aromatic nitrogens is 1. The maximum atomic E-state index is 13.7. The van der Waals surface area contributed by atoms with E-state index in [1.54, 1.807) is 30.5 Å². The second-order valence-corrected chi connectivity index (χ2v) is 12.2. The van der Waals surface area contributed by atoms with Crippen molar-refractivity contribution in [3.63, 3.8) is 0 Å². The highest BCUT2D eigenvalue weighted by Gasteiger charge is 2.31. The number of ether oxygens (including phenoxy) is 1. The molecule has 0 bridgehead atoms. The second kappa shape index (κ2) is 11.5. The summed E-state index contributed by atoms with van der Waals surface area (Å²) in [5.74, 6) is -0.577. The summed E-state index contributed by atoms with van der Waals surface area (Å²) in [5, 5.41) is 10.9. The Hall–Kier alpha value is -2.88. The van der Waals surface area contributed by atoms with E-state index >= 15 is 0 Å². The average Bonchev–Trinajstić information content (AvgIpc) is 3.24. The van der Waals surface area contributed by atoms with E-state index < -0.39 is 16.0 Å². The van der Waals surface area contributed by atoms with Gasteiger partial charge in [0.25, 0.3) is 10.0 Å². The third-order valence-electron chi connectivity index (χ3n) is 5.36. The molecule has 0 aliphatic heterocycles. The van der Waals surface area contributed by atoms with Crippen molar-refractivity contribution in [2.45, 2.75) is 45.6 Å². The third-order valence-corrected chi connectivity index (χ3v) is 8.85. The lowest BCUT2D eigenvalue weighted by atomic mass is 10.1. The molecule has 192 valence electrons. The second-order valence-electron chi connectivity index (χ2n) is 8.90. The summed E-state index contributed by atoms with van der Waals surface area (Å²) in [6.07, 6.45) is 2.49. The van der Waals surface area contributed by atoms with Gasteiger partial charge in [-0.2, -0.15) is 8.42 Å². The zero-order valence-corrected chi connectivity index (χ0v) is 23.2. The van der Waals surface area contributed by atoms with Crippen molar-refractivity contribution >= 4 is 50.7 Å². The van der Waals surface area contributed by atoms with E-state index in [9.17, 15) is 13.2 Å². The summed E-state index contributed by atoms with van der Waals surface area (Å²) < 4.78 is 34.9. The maximum Gasteiger partial charge on any atom is 0.328 e. The molecule has 10 heteroatoms. The van der Waals surface area contributed by atoms with Crippen LogP contribution in [0.4, 0.5) is 5.69 Å². The van der Waals surface area contributed by atoms with Gasteiger partial charge in [-0.1, -0.05) is 37.6 Å². The quantitative estimate of drug-likeness (QED) is 0.301. The van der Waals surface area contributed by atoms with Crippen LogP contribution in [0.5, 0.6) is 5.75 Å². The summed E-state index contributed by atoms with van der Waals surface area (Å²) in [4.78, 5) is 15.0. The minimum atomic E-state index is -3.91. The van der Waals surface area contributed by atoms with Crippen LogP contribution in [0.3, 0.4) is 0 Å². The summed E-state index contributed by atoms with van der Waals surface area (Å²) in [7, 11) is -3.91. The molecule has 3 rings (SSSR count). The average molecular weight is 549 g/mol. The smallest absolute Gasteiger partial charge is 0.328 e. The highest BCUT2D eigenvalue weighted by Crippen LogP contribution is 2.37. The van der Waals surface area contributed by atoms with Crippen LogP contribution in [0, 0.1) is 26.7 Å². The lowest BCUT2D eigenvalue weighted by Gasteiger charge is -2.28. The van der Waals surface area contributed by atoms with Crippen LogP contribution in [0.2, 0.25) is 5.02 Å². The van der Waals surface area contributed by atoms with Gasteiger partial charge in [-0.15, -0.1) is 11.3 Å². The van der Waals surface area contributed by atoms with Crippen molar-refractivity contribution in [3.05, 3.63) is 74.8 Å². The number of aryl methyl sites for hydroxylation is 3. The molecule has 0 saturated carbocycles. The first-order valence-electron chi connectivity index (χ1n) is 11.3. The van der Waals surface area contributed by atoms with Crippen LogP contribution in [-0.2, 0) is 21.4 Å². The van der Waals surface area contributed by atoms with E-state index in [1.807, 2.05) is 39.8 Å². The van der Waals surface area contributed by atoms with Crippen molar-refractivity contribution < 1.29 is 23.1 Å². The SMILES string of the molecule is Cc1csc(S(=O)(=O)N(CC(C)C)c2cc(C)c(C)cc2OCc2ccc(C=CC(=O)O)cc2Cl)n1. The molecular weight excluding hydrogens is 520 g/mol. The van der Waals surface area contributed by atoms with Gasteiger partial charge in [-0.3, -0.25) is 4.31 Å². The fourth-order valence-electron chi connectivity index (χ4n) is 3.39. The number of aliphatic carboxylic acids is 1. The van der Waals surface area contributed by atoms with Gasteiger partial charge in [0.05, 0.1) is 5.69 Å². The van der Waals surface area contributed by atoms with Gasteiger partial charge in [0.1, 0.15) is 12.4 Å². The lowest BCUT2D eigenvalue weighted by molar-refractivity contribution is -0.131. The first kappa shape index (κ1) is 27.7. The molecular formula is C26H29ClN2O5S2. The van der Waals surface area contributed by atoms with Crippen molar-refractivity contribution in [2.24, 2.45) is 5.92 Å². The molecule has 0 aliphatic rings. The van der Waals surface area contributed by atoms with Gasteiger partial charge in [0.15, 0.2) is 0 Å². The van der Waals surface area contributed by atoms with Crippen molar-refractivity contribution in [1.82, 2.24) is 4.98 Å². The van der Waals surface area contributed by atoms with Crippen LogP contribution in [-0.4, -0.2) is 31.0 Å². The maximum absolute atomic E-state index is 13.7. The number of carboxylic acid groups (broad SMARTS) is 1. The van der Waals surface area contributed by atoms with E-state index in [-0.39, 0.29) is 23.4 Å². The first-order valence-corrected chi connectivity index (χ1v) is 14.0. The molecule has 7 nitrogen and oxygen atoms in total. The zero-order valence-electron chi connectivity index (χ0n) is 20.8. The number of rotatable bonds is 10. The number of hydrogen-bond acceptors (Lipinski definition) is 6. The summed E-state index contributed by atoms with van der Waals surface area (Å²) >= 11 is 7.52. The Bertz CT molecular complexity index is 1400. The predicted octanol–water partition coefficient (Wildman–Crippen LogP) is 6.25. The minimum absolute atomic E-state index is 0.0397. The Morgan fingerprint density at radius 1 is 1.19 bits per heavy atom. The Kier molecular flexibility index (Phi) is 8.81. The Balaban J connectivity index is 1.99. The van der Waals surface area contributed by atoms with Crippen molar-refractivity contribution in [3.8, 4) is 5.75 Å². The van der Waals surface area contributed by atoms with Gasteiger partial charge in [0, 0.05) is 34.3 Å². The Morgan fingerprint density at radius 2 is 1.89 bits per heavy atom. The molecule has 1 heterocycles. The highest BCUT2D eigenvalue weighted by atomic mass is 35.5. The summed E-state index contributed by atoms with van der Waals surface area (Å²) in [6.45, 7) is 9.90. The number of carbonyl (C=O) groups is 1. The molecule has 36 heavy (non-hydrogen) atoms. The predicted molar refractivity (Wildman–Crippen MR) is 145 cm³/mol. The van der Waals surface area contributed by atoms with Crippen LogP contribution in [0.25, 0.3) is 6.08 Å². The van der Waals surface area contributed by atoms with Crippen molar-refractivity contribution in [2.75, 3.05) is 10.8 Å². The molecule has 0 amide bonds. The summed E-state index contributed by atoms with van der Waals surface area (Å²) in [6, 6.07) is 8.81. The van der Waals surface area contributed by atoms with Gasteiger partial charge < -0.3 is 9.84 Å². The van der Waals surface area contributed by atoms with E-state index in [2.05, 4.69) is 4.98 Å². The van der Waals surface area contributed by atoms with Gasteiger partial charge >= 0.3 is 5.97 Å². The molecule has 1 aromatic heterocycles. The van der Waals surface area contributed by atoms with Crippen molar-refractivity contribution in [1.29, 1.82) is 0 Å². The number of halogens is 1. The number of hydrogen-bond donors (Lipinski definition) is 1. The Labute approximate surface area is 221 Å². The van der Waals surface area contributed by atoms with Crippen LogP contribution in [0.15, 0.2) is 46.1 Å². The van der Waals surface area contributed by atoms with Crippen LogP contribution < -0.4 is 9.04 Å². The molecule has 0 saturated heterocycles. The number of nitrogens with zero attached hydrogens (tertiary/aromatic N) is 2. The molecule has 0 fully saturated rings. The highest BCUT2D eigenvalue weighted by molar-refractivity contribution is 7.94. The monoisotopic (exact) mass is 548 g/mol. The molecule has 0 atom stereocenters. The zero-order chi connectivity index (χ0) is 26.6. The van der Waals surface area contributed by atoms with E-state index in [4.69, 9.17) is 21.4 Å². The number of anilines is 1. The molecule has 1 N–H and O–H groups in total. The summed E-state index contributed by atoms with van der Waals surface area (Å²) in [5.41, 5.74) is 4.31. The molecule has 2 aromatic carbocycles. The van der Waals surface area contributed by atoms with E-state index in [1.165, 1.54) is 10.4 Å². The lowest BCUT2D eigenvalue weighted by Crippen LogP contribution is -2.34. The van der Waals surface area contributed by atoms with E-state index in [0.717, 1.165) is 28.5 Å².